The van der Waals surface area contributed by atoms with Gasteiger partial charge in [0.1, 0.15) is 11.6 Å². The van der Waals surface area contributed by atoms with Crippen LogP contribution in [-0.2, 0) is 0 Å². The molecule has 7 nitrogen and oxygen atoms in total. The van der Waals surface area contributed by atoms with Crippen LogP contribution in [0.4, 0.5) is 17.3 Å². The number of hydrogen-bond donors (Lipinski definition) is 1. The maximum Gasteiger partial charge on any atom is 0.276 e. The zero-order chi connectivity index (χ0) is 15.2. The van der Waals surface area contributed by atoms with Crippen molar-refractivity contribution in [3.8, 4) is 0 Å². The highest BCUT2D eigenvalue weighted by atomic mass is 16.6. The summed E-state index contributed by atoms with van der Waals surface area (Å²) in [6.07, 6.45) is 2.53. The van der Waals surface area contributed by atoms with Gasteiger partial charge in [0.15, 0.2) is 0 Å². The van der Waals surface area contributed by atoms with Crippen LogP contribution in [0.1, 0.15) is 19.8 Å². The van der Waals surface area contributed by atoms with Crippen LogP contribution < -0.4 is 10.2 Å². The predicted octanol–water partition coefficient (Wildman–Crippen LogP) is 1.95. The minimum absolute atomic E-state index is 0.0731. The second-order valence-corrected chi connectivity index (χ2v) is 5.33. The molecule has 1 aromatic rings. The fraction of sp³-hybridized carbons (Fsp3) is 0.643. The number of likely N-dealkylation sites (N-methyl/N-ethyl adjacent to an activating group) is 1. The summed E-state index contributed by atoms with van der Waals surface area (Å²) in [6, 6.07) is 3.01. The molecule has 1 fully saturated rings. The Morgan fingerprint density at radius 1 is 1.43 bits per heavy atom. The zero-order valence-electron chi connectivity index (χ0n) is 12.7. The molecule has 2 rings (SSSR count). The molecule has 21 heavy (non-hydrogen) atoms. The Hall–Kier alpha value is -1.89. The van der Waals surface area contributed by atoms with E-state index in [-0.39, 0.29) is 10.6 Å². The van der Waals surface area contributed by atoms with E-state index in [0.29, 0.717) is 18.2 Å². The first-order valence-electron chi connectivity index (χ1n) is 7.44. The maximum atomic E-state index is 11.0. The highest BCUT2D eigenvalue weighted by Crippen LogP contribution is 2.22. The number of rotatable bonds is 7. The summed E-state index contributed by atoms with van der Waals surface area (Å²) in [5.74, 6) is 1.19. The second-order valence-electron chi connectivity index (χ2n) is 5.33. The lowest BCUT2D eigenvalue weighted by Crippen LogP contribution is -2.31. The first-order valence-corrected chi connectivity index (χ1v) is 7.44. The Kier molecular flexibility index (Phi) is 5.32. The van der Waals surface area contributed by atoms with E-state index in [4.69, 9.17) is 0 Å². The molecule has 0 aliphatic carbocycles. The summed E-state index contributed by atoms with van der Waals surface area (Å²) in [4.78, 5) is 19.5. The minimum Gasteiger partial charge on any atom is -0.370 e. The van der Waals surface area contributed by atoms with Gasteiger partial charge in [-0.15, -0.1) is 0 Å². The van der Waals surface area contributed by atoms with Gasteiger partial charge in [0, 0.05) is 26.7 Å². The smallest absolute Gasteiger partial charge is 0.276 e. The van der Waals surface area contributed by atoms with Gasteiger partial charge in [-0.2, -0.15) is 0 Å². The van der Waals surface area contributed by atoms with Gasteiger partial charge in [-0.05, 0) is 32.9 Å². The Morgan fingerprint density at radius 3 is 2.76 bits per heavy atom. The molecular weight excluding hydrogens is 270 g/mol. The van der Waals surface area contributed by atoms with E-state index < -0.39 is 0 Å². The molecule has 1 aliphatic heterocycles. The molecule has 1 N–H and O–H groups in total. The van der Waals surface area contributed by atoms with Gasteiger partial charge in [0.2, 0.25) is 0 Å². The third-order valence-corrected chi connectivity index (χ3v) is 3.71. The van der Waals surface area contributed by atoms with Crippen molar-refractivity contribution in [2.24, 2.45) is 0 Å². The molecule has 0 bridgehead atoms. The lowest BCUT2D eigenvalue weighted by Gasteiger charge is -2.22. The molecule has 0 aromatic carbocycles. The SMILES string of the molecule is CCNc1cc([N+](=O)[O-])cc(N(C)CCN2CCCC2)n1. The first-order chi connectivity index (χ1) is 10.1. The molecule has 0 radical (unpaired) electrons. The molecule has 0 atom stereocenters. The van der Waals surface area contributed by atoms with E-state index in [2.05, 4.69) is 15.2 Å². The van der Waals surface area contributed by atoms with Crippen molar-refractivity contribution in [3.05, 3.63) is 22.2 Å². The average Bonchev–Trinajstić information content (AvgIpc) is 2.98. The van der Waals surface area contributed by atoms with Crippen molar-refractivity contribution in [2.45, 2.75) is 19.8 Å². The highest BCUT2D eigenvalue weighted by Gasteiger charge is 2.16. The monoisotopic (exact) mass is 293 g/mol. The van der Waals surface area contributed by atoms with Gasteiger partial charge in [-0.1, -0.05) is 0 Å². The van der Waals surface area contributed by atoms with Crippen molar-refractivity contribution >= 4 is 17.3 Å². The minimum atomic E-state index is -0.375. The van der Waals surface area contributed by atoms with Crippen LogP contribution in [0.3, 0.4) is 0 Å². The predicted molar refractivity (Wildman–Crippen MR) is 84.0 cm³/mol. The van der Waals surface area contributed by atoms with Crippen molar-refractivity contribution in [2.75, 3.05) is 50.0 Å². The van der Waals surface area contributed by atoms with Crippen LogP contribution in [0, 0.1) is 10.1 Å². The Labute approximate surface area is 125 Å². The van der Waals surface area contributed by atoms with Gasteiger partial charge in [0.05, 0.1) is 17.1 Å². The number of nitro groups is 1. The second kappa shape index (κ2) is 7.21. The Bertz CT molecular complexity index is 488. The van der Waals surface area contributed by atoms with Gasteiger partial charge in [-0.25, -0.2) is 4.98 Å². The third kappa shape index (κ3) is 4.29. The summed E-state index contributed by atoms with van der Waals surface area (Å²) in [5, 5.41) is 14.1. The van der Waals surface area contributed by atoms with Crippen LogP contribution >= 0.6 is 0 Å². The van der Waals surface area contributed by atoms with E-state index >= 15 is 0 Å². The standard InChI is InChI=1S/C14H23N5O2/c1-3-15-13-10-12(19(20)21)11-14(16-13)17(2)8-9-18-6-4-5-7-18/h10-11H,3-9H2,1-2H3,(H,15,16). The van der Waals surface area contributed by atoms with E-state index in [1.54, 1.807) is 0 Å². The number of anilines is 2. The molecular formula is C14H23N5O2. The largest absolute Gasteiger partial charge is 0.370 e. The number of aromatic nitrogens is 1. The van der Waals surface area contributed by atoms with E-state index in [9.17, 15) is 10.1 Å². The summed E-state index contributed by atoms with van der Waals surface area (Å²) in [7, 11) is 1.93. The number of nitrogens with one attached hydrogen (secondary N) is 1. The Morgan fingerprint density at radius 2 is 2.14 bits per heavy atom. The molecule has 1 aliphatic rings. The molecule has 1 saturated heterocycles. The average molecular weight is 293 g/mol. The summed E-state index contributed by atoms with van der Waals surface area (Å²) in [5.41, 5.74) is 0.0731. The number of pyridine rings is 1. The van der Waals surface area contributed by atoms with Gasteiger partial charge in [0.25, 0.3) is 5.69 Å². The fourth-order valence-corrected chi connectivity index (χ4v) is 2.49. The van der Waals surface area contributed by atoms with Crippen LogP contribution in [0.15, 0.2) is 12.1 Å². The molecule has 0 spiro atoms. The fourth-order valence-electron chi connectivity index (χ4n) is 2.49. The quantitative estimate of drug-likeness (QED) is 0.612. The number of hydrogen-bond acceptors (Lipinski definition) is 6. The molecule has 7 heteroatoms. The Balaban J connectivity index is 2.06. The summed E-state index contributed by atoms with van der Waals surface area (Å²) in [6.45, 7) is 6.72. The molecule has 0 unspecified atom stereocenters. The number of nitrogens with zero attached hydrogens (tertiary/aromatic N) is 4. The van der Waals surface area contributed by atoms with Crippen LogP contribution in [-0.4, -0.2) is 54.6 Å². The maximum absolute atomic E-state index is 11.0. The summed E-state index contributed by atoms with van der Waals surface area (Å²) >= 11 is 0. The molecule has 116 valence electrons. The third-order valence-electron chi connectivity index (χ3n) is 3.71. The van der Waals surface area contributed by atoms with Crippen LogP contribution in [0.25, 0.3) is 0 Å². The van der Waals surface area contributed by atoms with Gasteiger partial charge in [-0.3, -0.25) is 10.1 Å². The van der Waals surface area contributed by atoms with E-state index in [1.807, 2.05) is 18.9 Å². The molecule has 2 heterocycles. The van der Waals surface area contributed by atoms with E-state index in [1.165, 1.54) is 25.0 Å². The van der Waals surface area contributed by atoms with E-state index in [0.717, 1.165) is 26.2 Å². The molecule has 1 aromatic heterocycles. The van der Waals surface area contributed by atoms with Crippen molar-refractivity contribution in [1.82, 2.24) is 9.88 Å². The van der Waals surface area contributed by atoms with Gasteiger partial charge >= 0.3 is 0 Å². The first kappa shape index (κ1) is 15.5. The van der Waals surface area contributed by atoms with Crippen molar-refractivity contribution in [1.29, 1.82) is 0 Å². The lowest BCUT2D eigenvalue weighted by molar-refractivity contribution is -0.384. The summed E-state index contributed by atoms with van der Waals surface area (Å²) < 4.78 is 0. The molecule has 0 saturated carbocycles. The topological polar surface area (TPSA) is 74.5 Å². The highest BCUT2D eigenvalue weighted by molar-refractivity contribution is 5.55. The van der Waals surface area contributed by atoms with Crippen molar-refractivity contribution < 1.29 is 4.92 Å². The van der Waals surface area contributed by atoms with Crippen molar-refractivity contribution in [3.63, 3.8) is 0 Å². The normalized spacial score (nSPS) is 15.1. The van der Waals surface area contributed by atoms with Crippen LogP contribution in [0.5, 0.6) is 0 Å². The zero-order valence-corrected chi connectivity index (χ0v) is 12.7. The lowest BCUT2D eigenvalue weighted by atomic mass is 10.3. The van der Waals surface area contributed by atoms with Gasteiger partial charge < -0.3 is 15.1 Å². The molecule has 0 amide bonds. The van der Waals surface area contributed by atoms with Crippen LogP contribution in [0.2, 0.25) is 0 Å². The number of likely N-dealkylation sites (tertiary alicyclic amines) is 1.